The van der Waals surface area contributed by atoms with Gasteiger partial charge in [0, 0.05) is 18.3 Å². The van der Waals surface area contributed by atoms with Gasteiger partial charge in [-0.15, -0.1) is 20.4 Å². The number of rotatable bonds is 10. The van der Waals surface area contributed by atoms with Crippen molar-refractivity contribution in [3.05, 3.63) is 22.7 Å². The summed E-state index contributed by atoms with van der Waals surface area (Å²) in [7, 11) is 0. The van der Waals surface area contributed by atoms with Gasteiger partial charge in [0.25, 0.3) is 16.4 Å². The largest absolute Gasteiger partial charge is 0.458 e. The van der Waals surface area contributed by atoms with Gasteiger partial charge in [-0.3, -0.25) is 9.27 Å². The summed E-state index contributed by atoms with van der Waals surface area (Å²) < 4.78 is 28.6. The number of carbonyl (C=O) groups excluding carboxylic acids is 1. The number of unbranched alkanes of at least 4 members (excludes halogenated alkanes) is 2. The maximum Gasteiger partial charge on any atom is 0.369 e. The van der Waals surface area contributed by atoms with Gasteiger partial charge in [0.05, 0.1) is 11.8 Å². The van der Waals surface area contributed by atoms with Gasteiger partial charge in [-0.1, -0.05) is 31.1 Å². The molecule has 0 bridgehead atoms. The van der Waals surface area contributed by atoms with E-state index in [1.165, 1.54) is 0 Å². The van der Waals surface area contributed by atoms with Crippen molar-refractivity contribution >= 4 is 50.8 Å². The number of fused-ring (bicyclic) bond motifs is 1. The highest BCUT2D eigenvalue weighted by Gasteiger charge is 2.25. The number of carbonyl (C=O) groups is 1. The number of aryl methyl sites for hydroxylation is 1. The molecule has 2 heterocycles. The number of anilines is 2. The van der Waals surface area contributed by atoms with Crippen molar-refractivity contribution in [2.24, 2.45) is 10.2 Å². The SMILES string of the molecule is CCCCCN1c2cc(NS(=O)O)c(N=Nc3nnc(C(=O)OC(C)C)s3)cc2CCC1C. The third-order valence-electron chi connectivity index (χ3n) is 5.24. The lowest BCUT2D eigenvalue weighted by molar-refractivity contribution is 0.0376. The Morgan fingerprint density at radius 3 is 2.85 bits per heavy atom. The van der Waals surface area contributed by atoms with E-state index in [1.807, 2.05) is 12.1 Å². The minimum Gasteiger partial charge on any atom is -0.458 e. The van der Waals surface area contributed by atoms with Gasteiger partial charge >= 0.3 is 5.97 Å². The molecule has 33 heavy (non-hydrogen) atoms. The topological polar surface area (TPSA) is 129 Å². The van der Waals surface area contributed by atoms with Crippen LogP contribution >= 0.6 is 11.3 Å². The van der Waals surface area contributed by atoms with E-state index in [-0.39, 0.29) is 16.2 Å². The lowest BCUT2D eigenvalue weighted by Gasteiger charge is -2.37. The van der Waals surface area contributed by atoms with Gasteiger partial charge in [0.1, 0.15) is 5.69 Å². The van der Waals surface area contributed by atoms with Crippen molar-refractivity contribution in [2.75, 3.05) is 16.2 Å². The Balaban J connectivity index is 1.88. The van der Waals surface area contributed by atoms with E-state index in [4.69, 9.17) is 4.74 Å². The molecule has 0 fully saturated rings. The minimum atomic E-state index is -2.27. The van der Waals surface area contributed by atoms with Crippen LogP contribution in [-0.2, 0) is 22.4 Å². The van der Waals surface area contributed by atoms with Crippen LogP contribution in [0.2, 0.25) is 0 Å². The maximum absolute atomic E-state index is 12.0. The highest BCUT2D eigenvalue weighted by molar-refractivity contribution is 7.80. The second-order valence-corrected chi connectivity index (χ2v) is 9.84. The second kappa shape index (κ2) is 11.6. The third-order valence-corrected chi connectivity index (χ3v) is 6.43. The number of ether oxygens (including phenoxy) is 1. The zero-order valence-electron chi connectivity index (χ0n) is 19.3. The molecular weight excluding hydrogens is 464 g/mol. The number of benzene rings is 1. The summed E-state index contributed by atoms with van der Waals surface area (Å²) >= 11 is -1.30. The van der Waals surface area contributed by atoms with Gasteiger partial charge in [-0.05, 0) is 57.7 Å². The van der Waals surface area contributed by atoms with Crippen LogP contribution < -0.4 is 9.62 Å². The fourth-order valence-electron chi connectivity index (χ4n) is 3.68. The molecule has 2 atom stereocenters. The number of hydrogen-bond donors (Lipinski definition) is 2. The predicted octanol–water partition coefficient (Wildman–Crippen LogP) is 5.40. The predicted molar refractivity (Wildman–Crippen MR) is 130 cm³/mol. The maximum atomic E-state index is 12.0. The summed E-state index contributed by atoms with van der Waals surface area (Å²) in [6, 6.07) is 4.15. The Morgan fingerprint density at radius 1 is 1.36 bits per heavy atom. The van der Waals surface area contributed by atoms with Gasteiger partial charge < -0.3 is 9.64 Å². The molecule has 0 radical (unpaired) electrons. The monoisotopic (exact) mass is 494 g/mol. The third kappa shape index (κ3) is 6.78. The normalized spacial score (nSPS) is 16.8. The molecule has 2 N–H and O–H groups in total. The van der Waals surface area contributed by atoms with E-state index in [1.54, 1.807) is 13.8 Å². The average molecular weight is 495 g/mol. The lowest BCUT2D eigenvalue weighted by Crippen LogP contribution is -2.38. The summed E-state index contributed by atoms with van der Waals surface area (Å²) in [5.74, 6) is -0.562. The van der Waals surface area contributed by atoms with Crippen molar-refractivity contribution in [1.29, 1.82) is 0 Å². The fraction of sp³-hybridized carbons (Fsp3) is 0.571. The van der Waals surface area contributed by atoms with E-state index in [9.17, 15) is 13.6 Å². The van der Waals surface area contributed by atoms with Crippen LogP contribution in [0.1, 0.15) is 68.7 Å². The summed E-state index contributed by atoms with van der Waals surface area (Å²) in [6.07, 6.45) is 5.04. The van der Waals surface area contributed by atoms with Crippen LogP contribution in [-0.4, -0.2) is 43.6 Å². The van der Waals surface area contributed by atoms with Gasteiger partial charge in [0.2, 0.25) is 5.01 Å². The number of aromatic nitrogens is 2. The van der Waals surface area contributed by atoms with Crippen molar-refractivity contribution in [3.8, 4) is 0 Å². The molecule has 0 spiro atoms. The van der Waals surface area contributed by atoms with Gasteiger partial charge in [-0.25, -0.2) is 9.00 Å². The number of azo groups is 1. The standard InChI is InChI=1S/C21H30N6O4S2/c1-5-6-7-10-27-14(4)8-9-15-11-16(17(12-18(15)27)26-33(29)30)22-24-21-25-23-19(32-21)20(28)31-13(2)3/h11-14,26H,5-10H2,1-4H3,(H,29,30). The first-order valence-corrected chi connectivity index (χ1v) is 13.0. The molecule has 180 valence electrons. The zero-order valence-corrected chi connectivity index (χ0v) is 20.9. The Labute approximate surface area is 200 Å². The summed E-state index contributed by atoms with van der Waals surface area (Å²) in [4.78, 5) is 14.3. The van der Waals surface area contributed by atoms with Crippen LogP contribution in [0.4, 0.5) is 22.2 Å². The van der Waals surface area contributed by atoms with E-state index in [2.05, 4.69) is 43.9 Å². The lowest BCUT2D eigenvalue weighted by atomic mass is 9.95. The zero-order chi connectivity index (χ0) is 24.0. The number of nitrogens with one attached hydrogen (secondary N) is 1. The Kier molecular flexibility index (Phi) is 8.87. The molecule has 1 aromatic heterocycles. The highest BCUT2D eigenvalue weighted by Crippen LogP contribution is 2.39. The Hall–Kier alpha value is -2.44. The van der Waals surface area contributed by atoms with Crippen molar-refractivity contribution in [3.63, 3.8) is 0 Å². The van der Waals surface area contributed by atoms with E-state index in [0.717, 1.165) is 61.2 Å². The summed E-state index contributed by atoms with van der Waals surface area (Å²) in [5.41, 5.74) is 2.98. The van der Waals surface area contributed by atoms with E-state index in [0.29, 0.717) is 17.4 Å². The first-order valence-electron chi connectivity index (χ1n) is 11.1. The molecule has 0 saturated heterocycles. The fourth-order valence-corrected chi connectivity index (χ4v) is 4.58. The summed E-state index contributed by atoms with van der Waals surface area (Å²) in [6.45, 7) is 8.82. The molecule has 1 aromatic carbocycles. The second-order valence-electron chi connectivity index (χ2n) is 8.18. The van der Waals surface area contributed by atoms with Crippen LogP contribution in [0.15, 0.2) is 22.4 Å². The van der Waals surface area contributed by atoms with Crippen LogP contribution in [0.5, 0.6) is 0 Å². The minimum absolute atomic E-state index is 0.0922. The smallest absolute Gasteiger partial charge is 0.369 e. The molecule has 10 nitrogen and oxygen atoms in total. The van der Waals surface area contributed by atoms with Crippen molar-refractivity contribution in [1.82, 2.24) is 10.2 Å². The molecule has 0 amide bonds. The Bertz CT molecular complexity index is 1030. The molecule has 2 aromatic rings. The first-order chi connectivity index (χ1) is 15.8. The number of esters is 1. The number of hydrogen-bond acceptors (Lipinski definition) is 9. The Morgan fingerprint density at radius 2 is 2.15 bits per heavy atom. The number of nitrogens with zero attached hydrogens (tertiary/aromatic N) is 5. The van der Waals surface area contributed by atoms with Crippen LogP contribution in [0.3, 0.4) is 0 Å². The van der Waals surface area contributed by atoms with E-state index >= 15 is 0 Å². The quantitative estimate of drug-likeness (QED) is 0.196. The molecule has 1 aliphatic heterocycles. The van der Waals surface area contributed by atoms with Gasteiger partial charge in [-0.2, -0.15) is 0 Å². The molecule has 2 unspecified atom stereocenters. The summed E-state index contributed by atoms with van der Waals surface area (Å²) in [5, 5.41) is 16.3. The molecule has 0 saturated carbocycles. The molecule has 0 aliphatic carbocycles. The average Bonchev–Trinajstić information content (AvgIpc) is 3.22. The molecular formula is C21H30N6O4S2. The van der Waals surface area contributed by atoms with Crippen LogP contribution in [0.25, 0.3) is 0 Å². The molecule has 12 heteroatoms. The highest BCUT2D eigenvalue weighted by atomic mass is 32.2. The van der Waals surface area contributed by atoms with Gasteiger partial charge in [0.15, 0.2) is 0 Å². The van der Waals surface area contributed by atoms with Crippen molar-refractivity contribution < 1.29 is 18.3 Å². The van der Waals surface area contributed by atoms with Crippen LogP contribution in [0, 0.1) is 0 Å². The molecule has 3 rings (SSSR count). The van der Waals surface area contributed by atoms with E-state index < -0.39 is 17.2 Å². The first kappa shape index (κ1) is 25.2. The van der Waals surface area contributed by atoms with Crippen molar-refractivity contribution in [2.45, 2.75) is 71.9 Å². The molecule has 1 aliphatic rings.